The quantitative estimate of drug-likeness (QED) is 0.765. The lowest BCUT2D eigenvalue weighted by molar-refractivity contribution is -0.132. The smallest absolute Gasteiger partial charge is 0.312 e. The van der Waals surface area contributed by atoms with Gasteiger partial charge < -0.3 is 16.0 Å². The van der Waals surface area contributed by atoms with Crippen LogP contribution in [-0.4, -0.2) is 46.7 Å². The molecule has 1 atom stereocenters. The molecule has 2 aromatic rings. The van der Waals surface area contributed by atoms with Crippen molar-refractivity contribution in [2.45, 2.75) is 32.1 Å². The number of amides is 3. The van der Waals surface area contributed by atoms with E-state index in [2.05, 4.69) is 46.7 Å². The van der Waals surface area contributed by atoms with E-state index < -0.39 is 6.03 Å². The molecule has 3 rings (SSSR count). The van der Waals surface area contributed by atoms with Gasteiger partial charge in [0.2, 0.25) is 5.91 Å². The Bertz CT molecular complexity index is 768. The van der Waals surface area contributed by atoms with Gasteiger partial charge in [-0.15, -0.1) is 0 Å². The molecule has 3 amide bonds. The number of aromatic nitrogens is 2. The largest absolute Gasteiger partial charge is 0.352 e. The maximum absolute atomic E-state index is 12.4. The third-order valence-electron chi connectivity index (χ3n) is 4.85. The van der Waals surface area contributed by atoms with Crippen LogP contribution in [0.2, 0.25) is 0 Å². The maximum Gasteiger partial charge on any atom is 0.312 e. The number of nitrogens with zero attached hydrogens (tertiary/aromatic N) is 2. The van der Waals surface area contributed by atoms with Gasteiger partial charge in [-0.1, -0.05) is 29.8 Å². The van der Waals surface area contributed by atoms with Crippen molar-refractivity contribution in [3.8, 4) is 11.1 Å². The van der Waals surface area contributed by atoms with Gasteiger partial charge in [0, 0.05) is 43.2 Å². The van der Waals surface area contributed by atoms with Gasteiger partial charge in [-0.25, -0.2) is 4.79 Å². The molecule has 0 bridgehead atoms. The number of aryl methyl sites for hydroxylation is 1. The molecule has 4 N–H and O–H groups in total. The fraction of sp³-hybridized carbons (Fsp3) is 0.421. The first kappa shape index (κ1) is 18.0. The summed E-state index contributed by atoms with van der Waals surface area (Å²) in [6.45, 7) is 3.75. The monoisotopic (exact) mass is 355 g/mol. The minimum absolute atomic E-state index is 0.0415. The predicted molar refractivity (Wildman–Crippen MR) is 99.5 cm³/mol. The van der Waals surface area contributed by atoms with Gasteiger partial charge in [-0.3, -0.25) is 9.89 Å². The van der Waals surface area contributed by atoms with Gasteiger partial charge in [0.25, 0.3) is 0 Å². The topological polar surface area (TPSA) is 104 Å². The van der Waals surface area contributed by atoms with Crippen LogP contribution in [0.15, 0.2) is 30.5 Å². The fourth-order valence-corrected chi connectivity index (χ4v) is 3.46. The first-order valence-electron chi connectivity index (χ1n) is 8.96. The molecule has 7 nitrogen and oxygen atoms in total. The van der Waals surface area contributed by atoms with Crippen LogP contribution < -0.4 is 11.1 Å². The molecule has 26 heavy (non-hydrogen) atoms. The van der Waals surface area contributed by atoms with E-state index >= 15 is 0 Å². The molecule has 0 aliphatic carbocycles. The first-order valence-corrected chi connectivity index (χ1v) is 8.96. The molecule has 1 aliphatic rings. The number of benzene rings is 1. The van der Waals surface area contributed by atoms with Gasteiger partial charge in [0.05, 0.1) is 6.20 Å². The highest BCUT2D eigenvalue weighted by atomic mass is 16.2. The highest BCUT2D eigenvalue weighted by Gasteiger charge is 2.27. The third kappa shape index (κ3) is 4.22. The second-order valence-electron chi connectivity index (χ2n) is 6.78. The summed E-state index contributed by atoms with van der Waals surface area (Å²) in [6.07, 6.45) is 4.09. The van der Waals surface area contributed by atoms with Crippen LogP contribution in [0.3, 0.4) is 0 Å². The highest BCUT2D eigenvalue weighted by Crippen LogP contribution is 2.33. The highest BCUT2D eigenvalue weighted by molar-refractivity contribution is 5.78. The molecule has 1 aromatic carbocycles. The SMILES string of the molecule is Cc1ccc(-c2cn[nH]c2C2CCCN(C(=O)CCNC(N)=O)C2)cc1. The van der Waals surface area contributed by atoms with Gasteiger partial charge in [0.15, 0.2) is 0 Å². The molecule has 1 fully saturated rings. The summed E-state index contributed by atoms with van der Waals surface area (Å²) in [5, 5.41) is 9.85. The Morgan fingerprint density at radius 3 is 2.85 bits per heavy atom. The number of carbonyl (C=O) groups excluding carboxylic acids is 2. The zero-order chi connectivity index (χ0) is 18.5. The van der Waals surface area contributed by atoms with Crippen LogP contribution in [0, 0.1) is 6.92 Å². The van der Waals surface area contributed by atoms with Crippen LogP contribution in [-0.2, 0) is 4.79 Å². The zero-order valence-corrected chi connectivity index (χ0v) is 15.0. The van der Waals surface area contributed by atoms with Crippen LogP contribution in [0.25, 0.3) is 11.1 Å². The fourth-order valence-electron chi connectivity index (χ4n) is 3.46. The van der Waals surface area contributed by atoms with Crippen molar-refractivity contribution < 1.29 is 9.59 Å². The molecular formula is C19H25N5O2. The molecular weight excluding hydrogens is 330 g/mol. The number of urea groups is 1. The van der Waals surface area contributed by atoms with Crippen LogP contribution in [0.1, 0.15) is 36.4 Å². The van der Waals surface area contributed by atoms with Crippen molar-refractivity contribution >= 4 is 11.9 Å². The van der Waals surface area contributed by atoms with Crippen molar-refractivity contribution in [2.24, 2.45) is 5.73 Å². The summed E-state index contributed by atoms with van der Waals surface area (Å²) in [5.41, 5.74) is 9.57. The molecule has 0 spiro atoms. The second kappa shape index (κ2) is 8.03. The van der Waals surface area contributed by atoms with E-state index in [4.69, 9.17) is 5.73 Å². The second-order valence-corrected chi connectivity index (χ2v) is 6.78. The van der Waals surface area contributed by atoms with Crippen molar-refractivity contribution in [3.05, 3.63) is 41.7 Å². The molecule has 2 heterocycles. The Hall–Kier alpha value is -2.83. The standard InChI is InChI=1S/C19H25N5O2/c1-13-4-6-14(7-5-13)16-11-22-23-18(16)15-3-2-10-24(12-15)17(25)8-9-21-19(20)26/h4-7,11,15H,2-3,8-10,12H2,1H3,(H,22,23)(H3,20,21,26). The van der Waals surface area contributed by atoms with Crippen LogP contribution >= 0.6 is 0 Å². The minimum Gasteiger partial charge on any atom is -0.352 e. The van der Waals surface area contributed by atoms with E-state index in [0.29, 0.717) is 6.54 Å². The third-order valence-corrected chi connectivity index (χ3v) is 4.85. The van der Waals surface area contributed by atoms with Gasteiger partial charge in [-0.2, -0.15) is 5.10 Å². The molecule has 7 heteroatoms. The number of nitrogens with one attached hydrogen (secondary N) is 2. The number of rotatable bonds is 5. The lowest BCUT2D eigenvalue weighted by atomic mass is 9.90. The van der Waals surface area contributed by atoms with E-state index in [-0.39, 0.29) is 24.8 Å². The normalized spacial score (nSPS) is 17.1. The maximum atomic E-state index is 12.4. The number of likely N-dealkylation sites (tertiary alicyclic amines) is 1. The van der Waals surface area contributed by atoms with E-state index in [0.717, 1.165) is 36.2 Å². The lowest BCUT2D eigenvalue weighted by Crippen LogP contribution is -2.41. The Kier molecular flexibility index (Phi) is 5.55. The number of hydrogen-bond acceptors (Lipinski definition) is 3. The van der Waals surface area contributed by atoms with Crippen molar-refractivity contribution in [1.82, 2.24) is 20.4 Å². The van der Waals surface area contributed by atoms with E-state index in [1.807, 2.05) is 11.1 Å². The number of primary amides is 1. The summed E-state index contributed by atoms with van der Waals surface area (Å²) in [4.78, 5) is 25.0. The summed E-state index contributed by atoms with van der Waals surface area (Å²) in [6, 6.07) is 7.79. The molecule has 0 saturated carbocycles. The Morgan fingerprint density at radius 2 is 2.12 bits per heavy atom. The molecule has 1 saturated heterocycles. The minimum atomic E-state index is -0.602. The molecule has 1 aromatic heterocycles. The predicted octanol–water partition coefficient (Wildman–Crippen LogP) is 2.15. The van der Waals surface area contributed by atoms with Crippen LogP contribution in [0.4, 0.5) is 4.79 Å². The average molecular weight is 355 g/mol. The molecule has 138 valence electrons. The lowest BCUT2D eigenvalue weighted by Gasteiger charge is -2.33. The Balaban J connectivity index is 1.68. The number of nitrogens with two attached hydrogens (primary N) is 1. The van der Waals surface area contributed by atoms with E-state index in [1.165, 1.54) is 5.56 Å². The Morgan fingerprint density at radius 1 is 1.35 bits per heavy atom. The van der Waals surface area contributed by atoms with Gasteiger partial charge in [0.1, 0.15) is 0 Å². The van der Waals surface area contributed by atoms with Crippen molar-refractivity contribution in [2.75, 3.05) is 19.6 Å². The first-order chi connectivity index (χ1) is 12.5. The van der Waals surface area contributed by atoms with E-state index in [9.17, 15) is 9.59 Å². The van der Waals surface area contributed by atoms with E-state index in [1.54, 1.807) is 0 Å². The Labute approximate surface area is 153 Å². The average Bonchev–Trinajstić information content (AvgIpc) is 3.12. The zero-order valence-electron chi connectivity index (χ0n) is 15.0. The number of H-pyrrole nitrogens is 1. The van der Waals surface area contributed by atoms with Crippen molar-refractivity contribution in [1.29, 1.82) is 0 Å². The molecule has 0 radical (unpaired) electrons. The summed E-state index contributed by atoms with van der Waals surface area (Å²) in [7, 11) is 0. The molecule has 1 unspecified atom stereocenters. The number of aromatic amines is 1. The van der Waals surface area contributed by atoms with Crippen LogP contribution in [0.5, 0.6) is 0 Å². The van der Waals surface area contributed by atoms with Gasteiger partial charge >= 0.3 is 6.03 Å². The summed E-state index contributed by atoms with van der Waals surface area (Å²) < 4.78 is 0. The number of hydrogen-bond donors (Lipinski definition) is 3. The number of piperidine rings is 1. The summed E-state index contributed by atoms with van der Waals surface area (Å²) in [5.74, 6) is 0.274. The number of carbonyl (C=O) groups is 2. The molecule has 1 aliphatic heterocycles. The van der Waals surface area contributed by atoms with Crippen molar-refractivity contribution in [3.63, 3.8) is 0 Å². The van der Waals surface area contributed by atoms with Gasteiger partial charge in [-0.05, 0) is 25.3 Å². The summed E-state index contributed by atoms with van der Waals surface area (Å²) >= 11 is 0.